The second kappa shape index (κ2) is 9.45. The number of anilines is 1. The monoisotopic (exact) mass is 413 g/mol. The number of aliphatic imine (C=N–C) groups is 1. The Balaban J connectivity index is 0.00000242. The lowest BCUT2D eigenvalue weighted by Gasteiger charge is -2.10. The Morgan fingerprint density at radius 2 is 2.23 bits per heavy atom. The molecule has 120 valence electrons. The van der Waals surface area contributed by atoms with Crippen LogP contribution in [0.3, 0.4) is 0 Å². The molecule has 0 saturated carbocycles. The normalized spacial score (nSPS) is 12.5. The van der Waals surface area contributed by atoms with Gasteiger partial charge in [-0.2, -0.15) is 5.10 Å². The third-order valence-electron chi connectivity index (χ3n) is 3.24. The molecule has 22 heavy (non-hydrogen) atoms. The summed E-state index contributed by atoms with van der Waals surface area (Å²) in [4.78, 5) is 4.40. The number of halogens is 1. The van der Waals surface area contributed by atoms with E-state index in [2.05, 4.69) is 41.4 Å². The average Bonchev–Trinajstić information content (AvgIpc) is 2.98. The minimum absolute atomic E-state index is 0. The molecule has 1 unspecified atom stereocenters. The molecule has 1 atom stereocenters. The number of aromatic nitrogens is 2. The van der Waals surface area contributed by atoms with Gasteiger partial charge in [-0.05, 0) is 36.1 Å². The maximum absolute atomic E-state index is 5.94. The van der Waals surface area contributed by atoms with E-state index in [0.717, 1.165) is 18.7 Å². The first-order chi connectivity index (χ1) is 10.2. The van der Waals surface area contributed by atoms with Crippen molar-refractivity contribution in [2.24, 2.45) is 16.6 Å². The minimum Gasteiger partial charge on any atom is -0.370 e. The summed E-state index contributed by atoms with van der Waals surface area (Å²) in [5, 5.41) is 7.33. The maximum atomic E-state index is 5.94. The van der Waals surface area contributed by atoms with Crippen molar-refractivity contribution in [1.82, 2.24) is 9.78 Å². The maximum Gasteiger partial charge on any atom is 0.193 e. The SMILES string of the molecule is CCc1cccc(NC(N)=NCC(C)Cn2cccn2)c1.I. The number of aryl methyl sites for hydroxylation is 1. The van der Waals surface area contributed by atoms with Gasteiger partial charge in [-0.15, -0.1) is 24.0 Å². The molecule has 0 amide bonds. The predicted molar refractivity (Wildman–Crippen MR) is 103 cm³/mol. The van der Waals surface area contributed by atoms with Crippen LogP contribution < -0.4 is 11.1 Å². The van der Waals surface area contributed by atoms with Crippen molar-refractivity contribution in [2.45, 2.75) is 26.8 Å². The zero-order valence-electron chi connectivity index (χ0n) is 13.1. The summed E-state index contributed by atoms with van der Waals surface area (Å²) in [5.74, 6) is 0.836. The average molecular weight is 413 g/mol. The van der Waals surface area contributed by atoms with Crippen LogP contribution >= 0.6 is 24.0 Å². The van der Waals surface area contributed by atoms with Crippen LogP contribution in [0.1, 0.15) is 19.4 Å². The number of benzene rings is 1. The number of hydrogen-bond donors (Lipinski definition) is 2. The summed E-state index contributed by atoms with van der Waals surface area (Å²) in [5.41, 5.74) is 8.19. The Labute approximate surface area is 149 Å². The lowest BCUT2D eigenvalue weighted by molar-refractivity contribution is 0.459. The van der Waals surface area contributed by atoms with E-state index >= 15 is 0 Å². The van der Waals surface area contributed by atoms with Gasteiger partial charge in [0, 0.05) is 31.2 Å². The molecule has 0 fully saturated rings. The van der Waals surface area contributed by atoms with Gasteiger partial charge in [0.25, 0.3) is 0 Å². The fourth-order valence-electron chi connectivity index (χ4n) is 2.10. The number of hydrogen-bond acceptors (Lipinski definition) is 2. The highest BCUT2D eigenvalue weighted by molar-refractivity contribution is 14.0. The quantitative estimate of drug-likeness (QED) is 0.435. The van der Waals surface area contributed by atoms with Gasteiger partial charge in [0.15, 0.2) is 5.96 Å². The van der Waals surface area contributed by atoms with Gasteiger partial charge in [0.2, 0.25) is 0 Å². The van der Waals surface area contributed by atoms with E-state index in [-0.39, 0.29) is 24.0 Å². The van der Waals surface area contributed by atoms with Crippen LogP contribution in [0.2, 0.25) is 0 Å². The van der Waals surface area contributed by atoms with Crippen LogP contribution in [-0.4, -0.2) is 22.3 Å². The van der Waals surface area contributed by atoms with Crippen molar-refractivity contribution < 1.29 is 0 Å². The molecule has 6 heteroatoms. The van der Waals surface area contributed by atoms with E-state index in [4.69, 9.17) is 5.73 Å². The standard InChI is InChI=1S/C16H23N5.HI/c1-3-14-6-4-7-15(10-14)20-16(17)18-11-13(2)12-21-9-5-8-19-21;/h4-10,13H,3,11-12H2,1-2H3,(H3,17,18,20);1H. The molecule has 1 heterocycles. The van der Waals surface area contributed by atoms with Crippen molar-refractivity contribution in [2.75, 3.05) is 11.9 Å². The molecule has 5 nitrogen and oxygen atoms in total. The molecule has 0 radical (unpaired) electrons. The molecule has 0 spiro atoms. The molecular weight excluding hydrogens is 389 g/mol. The first-order valence-corrected chi connectivity index (χ1v) is 7.30. The van der Waals surface area contributed by atoms with Crippen molar-refractivity contribution in [3.8, 4) is 0 Å². The van der Waals surface area contributed by atoms with Crippen LogP contribution in [0.25, 0.3) is 0 Å². The highest BCUT2D eigenvalue weighted by Gasteiger charge is 2.03. The molecule has 2 rings (SSSR count). The van der Waals surface area contributed by atoms with E-state index in [0.29, 0.717) is 18.4 Å². The van der Waals surface area contributed by atoms with Gasteiger partial charge in [-0.25, -0.2) is 0 Å². The molecule has 0 bridgehead atoms. The van der Waals surface area contributed by atoms with Gasteiger partial charge in [0.1, 0.15) is 0 Å². The third-order valence-corrected chi connectivity index (χ3v) is 3.24. The molecule has 0 aliphatic rings. The van der Waals surface area contributed by atoms with Crippen molar-refractivity contribution in [3.05, 3.63) is 48.3 Å². The van der Waals surface area contributed by atoms with Crippen LogP contribution in [-0.2, 0) is 13.0 Å². The summed E-state index contributed by atoms with van der Waals surface area (Å²) in [6.07, 6.45) is 4.75. The zero-order valence-corrected chi connectivity index (χ0v) is 15.4. The first kappa shape index (κ1) is 18.5. The lowest BCUT2D eigenvalue weighted by Crippen LogP contribution is -2.24. The van der Waals surface area contributed by atoms with Gasteiger partial charge >= 0.3 is 0 Å². The number of rotatable bonds is 6. The summed E-state index contributed by atoms with van der Waals surface area (Å²) in [6.45, 7) is 5.78. The summed E-state index contributed by atoms with van der Waals surface area (Å²) in [6, 6.07) is 10.1. The second-order valence-electron chi connectivity index (χ2n) is 5.24. The van der Waals surface area contributed by atoms with Crippen molar-refractivity contribution in [1.29, 1.82) is 0 Å². The van der Waals surface area contributed by atoms with Crippen LogP contribution in [0.15, 0.2) is 47.7 Å². The Morgan fingerprint density at radius 3 is 2.91 bits per heavy atom. The van der Waals surface area contributed by atoms with E-state index in [1.165, 1.54) is 5.56 Å². The van der Waals surface area contributed by atoms with Crippen LogP contribution in [0.5, 0.6) is 0 Å². The molecule has 0 saturated heterocycles. The molecule has 3 N–H and O–H groups in total. The Hall–Kier alpha value is -1.57. The smallest absolute Gasteiger partial charge is 0.193 e. The number of nitrogens with zero attached hydrogens (tertiary/aromatic N) is 3. The molecule has 2 aromatic rings. The molecular formula is C16H24IN5. The summed E-state index contributed by atoms with van der Waals surface area (Å²) in [7, 11) is 0. The van der Waals surface area contributed by atoms with Gasteiger partial charge in [0.05, 0.1) is 0 Å². The Morgan fingerprint density at radius 1 is 1.41 bits per heavy atom. The van der Waals surface area contributed by atoms with Gasteiger partial charge in [-0.1, -0.05) is 26.0 Å². The number of guanidine groups is 1. The zero-order chi connectivity index (χ0) is 15.1. The third kappa shape index (κ3) is 6.05. The summed E-state index contributed by atoms with van der Waals surface area (Å²) >= 11 is 0. The number of nitrogens with two attached hydrogens (primary N) is 1. The number of nitrogens with one attached hydrogen (secondary N) is 1. The first-order valence-electron chi connectivity index (χ1n) is 7.30. The molecule has 1 aromatic heterocycles. The fraction of sp³-hybridized carbons (Fsp3) is 0.375. The predicted octanol–water partition coefficient (Wildman–Crippen LogP) is 3.13. The topological polar surface area (TPSA) is 68.2 Å². The van der Waals surface area contributed by atoms with E-state index in [1.807, 2.05) is 29.1 Å². The fourth-order valence-corrected chi connectivity index (χ4v) is 2.10. The largest absolute Gasteiger partial charge is 0.370 e. The molecule has 0 aliphatic heterocycles. The van der Waals surface area contributed by atoms with Gasteiger partial charge in [-0.3, -0.25) is 9.67 Å². The van der Waals surface area contributed by atoms with E-state index < -0.39 is 0 Å². The Kier molecular flexibility index (Phi) is 7.94. The van der Waals surface area contributed by atoms with Crippen LogP contribution in [0, 0.1) is 5.92 Å². The molecule has 1 aromatic carbocycles. The van der Waals surface area contributed by atoms with Crippen molar-refractivity contribution >= 4 is 35.6 Å². The van der Waals surface area contributed by atoms with Crippen molar-refractivity contribution in [3.63, 3.8) is 0 Å². The highest BCUT2D eigenvalue weighted by atomic mass is 127. The van der Waals surface area contributed by atoms with Crippen LogP contribution in [0.4, 0.5) is 5.69 Å². The Bertz CT molecular complexity index is 580. The van der Waals surface area contributed by atoms with Gasteiger partial charge < -0.3 is 11.1 Å². The van der Waals surface area contributed by atoms with E-state index in [9.17, 15) is 0 Å². The molecule has 0 aliphatic carbocycles. The van der Waals surface area contributed by atoms with E-state index in [1.54, 1.807) is 6.20 Å². The lowest BCUT2D eigenvalue weighted by atomic mass is 10.1. The minimum atomic E-state index is 0. The highest BCUT2D eigenvalue weighted by Crippen LogP contribution is 2.10. The second-order valence-corrected chi connectivity index (χ2v) is 5.24. The summed E-state index contributed by atoms with van der Waals surface area (Å²) < 4.78 is 1.91.